The van der Waals surface area contributed by atoms with Crippen molar-refractivity contribution in [3.8, 4) is 11.1 Å². The Morgan fingerprint density at radius 2 is 1.97 bits per heavy atom. The number of hydrogen-bond donors (Lipinski definition) is 0. The Bertz CT molecular complexity index is 1020. The minimum Gasteiger partial charge on any atom is -0.381 e. The Hall–Kier alpha value is -2.30. The molecule has 4 rings (SSSR count). The van der Waals surface area contributed by atoms with E-state index in [1.165, 1.54) is 8.99 Å². The van der Waals surface area contributed by atoms with Crippen molar-refractivity contribution in [3.05, 3.63) is 30.7 Å². The van der Waals surface area contributed by atoms with E-state index in [0.29, 0.717) is 24.2 Å². The van der Waals surface area contributed by atoms with Crippen LogP contribution in [0.3, 0.4) is 0 Å². The van der Waals surface area contributed by atoms with Crippen molar-refractivity contribution in [1.82, 2.24) is 24.0 Å². The summed E-state index contributed by atoms with van der Waals surface area (Å²) in [6.07, 6.45) is 8.71. The van der Waals surface area contributed by atoms with Gasteiger partial charge in [0.25, 0.3) is 10.0 Å². The van der Waals surface area contributed by atoms with Crippen molar-refractivity contribution in [1.29, 1.82) is 0 Å². The van der Waals surface area contributed by atoms with Crippen LogP contribution in [0.4, 0.5) is 0 Å². The number of ether oxygens (including phenoxy) is 1. The van der Waals surface area contributed by atoms with Crippen LogP contribution in [0.2, 0.25) is 0 Å². The molecule has 3 heterocycles. The predicted molar refractivity (Wildman–Crippen MR) is 115 cm³/mol. The molecule has 0 bridgehead atoms. The highest BCUT2D eigenvalue weighted by molar-refractivity contribution is 7.89. The second kappa shape index (κ2) is 9.05. The number of amides is 1. The lowest BCUT2D eigenvalue weighted by Crippen LogP contribution is -2.52. The number of piperazine rings is 1. The van der Waals surface area contributed by atoms with Gasteiger partial charge in [0, 0.05) is 76.0 Å². The monoisotopic (exact) mass is 447 g/mol. The maximum Gasteiger partial charge on any atom is 0.263 e. The Labute approximate surface area is 183 Å². The Balaban J connectivity index is 1.46. The summed E-state index contributed by atoms with van der Waals surface area (Å²) in [5.41, 5.74) is 1.23. The number of carbonyl (C=O) groups excluding carboxylic acids is 1. The fraction of sp³-hybridized carbons (Fsp3) is 0.571. The topological polar surface area (TPSA) is 97.6 Å². The van der Waals surface area contributed by atoms with Crippen molar-refractivity contribution in [2.75, 3.05) is 33.3 Å². The summed E-state index contributed by atoms with van der Waals surface area (Å²) < 4.78 is 35.1. The van der Waals surface area contributed by atoms with Crippen LogP contribution in [0.1, 0.15) is 25.7 Å². The fourth-order valence-electron chi connectivity index (χ4n) is 4.49. The first-order valence-electron chi connectivity index (χ1n) is 10.7. The number of aromatic nitrogens is 3. The van der Waals surface area contributed by atoms with Crippen LogP contribution in [0.15, 0.2) is 35.7 Å². The molecule has 2 fully saturated rings. The van der Waals surface area contributed by atoms with Crippen LogP contribution in [0, 0.1) is 5.92 Å². The van der Waals surface area contributed by atoms with Crippen LogP contribution in [-0.2, 0) is 26.6 Å². The lowest BCUT2D eigenvalue weighted by Gasteiger charge is -2.37. The minimum absolute atomic E-state index is 0.0259. The molecule has 1 saturated carbocycles. The molecule has 168 valence electrons. The third-order valence-corrected chi connectivity index (χ3v) is 8.05. The van der Waals surface area contributed by atoms with Gasteiger partial charge in [0.05, 0.1) is 6.10 Å². The molecule has 0 N–H and O–H groups in total. The van der Waals surface area contributed by atoms with Crippen LogP contribution in [0.25, 0.3) is 11.1 Å². The third kappa shape index (κ3) is 4.51. The van der Waals surface area contributed by atoms with Gasteiger partial charge in [0.1, 0.15) is 0 Å². The van der Waals surface area contributed by atoms with Gasteiger partial charge in [-0.1, -0.05) is 12.5 Å². The first-order valence-corrected chi connectivity index (χ1v) is 12.1. The summed E-state index contributed by atoms with van der Waals surface area (Å²) >= 11 is 0. The molecule has 1 amide bonds. The summed E-state index contributed by atoms with van der Waals surface area (Å²) in [7, 11) is -0.397. The van der Waals surface area contributed by atoms with Crippen LogP contribution in [0.5, 0.6) is 0 Å². The molecule has 1 aliphatic carbocycles. The number of pyridine rings is 1. The van der Waals surface area contributed by atoms with E-state index >= 15 is 0 Å². The van der Waals surface area contributed by atoms with Gasteiger partial charge in [-0.25, -0.2) is 8.42 Å². The standard InChI is InChI=1S/C21H29N5O4S/c1-24-15-19(17-6-4-8-22-14-17)20(23-24)31(28,29)26-11-9-25(10-12-26)21(27)16-5-3-7-18(13-16)30-2/h4,6,8,14-16,18H,3,5,7,9-13H2,1-2H3/t16-,18+/m0/s1. The molecule has 2 aromatic rings. The van der Waals surface area contributed by atoms with Gasteiger partial charge in [-0.15, -0.1) is 0 Å². The van der Waals surface area contributed by atoms with Crippen molar-refractivity contribution < 1.29 is 17.9 Å². The smallest absolute Gasteiger partial charge is 0.263 e. The summed E-state index contributed by atoms with van der Waals surface area (Å²) in [6, 6.07) is 3.58. The second-order valence-electron chi connectivity index (χ2n) is 8.21. The Morgan fingerprint density at radius 1 is 1.19 bits per heavy atom. The SMILES string of the molecule is CO[C@@H]1CCC[C@H](C(=O)N2CCN(S(=O)(=O)c3nn(C)cc3-c3cccnc3)CC2)C1. The van der Waals surface area contributed by atoms with Crippen molar-refractivity contribution in [3.63, 3.8) is 0 Å². The minimum atomic E-state index is -3.79. The predicted octanol–water partition coefficient (Wildman–Crippen LogP) is 1.52. The van der Waals surface area contributed by atoms with Crippen LogP contribution in [-0.4, -0.2) is 77.7 Å². The van der Waals surface area contributed by atoms with E-state index in [-0.39, 0.29) is 36.0 Å². The number of aryl methyl sites for hydroxylation is 1. The molecule has 0 spiro atoms. The van der Waals surface area contributed by atoms with Crippen molar-refractivity contribution >= 4 is 15.9 Å². The fourth-order valence-corrected chi connectivity index (χ4v) is 6.06. The molecule has 2 aromatic heterocycles. The molecule has 31 heavy (non-hydrogen) atoms. The quantitative estimate of drug-likeness (QED) is 0.689. The summed E-state index contributed by atoms with van der Waals surface area (Å²) in [5, 5.41) is 4.27. The zero-order valence-electron chi connectivity index (χ0n) is 18.0. The lowest BCUT2D eigenvalue weighted by molar-refractivity contribution is -0.139. The zero-order valence-corrected chi connectivity index (χ0v) is 18.8. The van der Waals surface area contributed by atoms with Crippen molar-refractivity contribution in [2.45, 2.75) is 36.8 Å². The number of sulfonamides is 1. The van der Waals surface area contributed by atoms with Gasteiger partial charge < -0.3 is 9.64 Å². The average molecular weight is 448 g/mol. The van der Waals surface area contributed by atoms with Gasteiger partial charge >= 0.3 is 0 Å². The number of nitrogens with zero attached hydrogens (tertiary/aromatic N) is 5. The van der Waals surface area contributed by atoms with E-state index in [9.17, 15) is 13.2 Å². The largest absolute Gasteiger partial charge is 0.381 e. The van der Waals surface area contributed by atoms with Gasteiger partial charge in [-0.05, 0) is 25.3 Å². The molecule has 1 saturated heterocycles. The maximum absolute atomic E-state index is 13.4. The first kappa shape index (κ1) is 21.9. The van der Waals surface area contributed by atoms with Crippen LogP contribution >= 0.6 is 0 Å². The van der Waals surface area contributed by atoms with Crippen molar-refractivity contribution in [2.24, 2.45) is 13.0 Å². The van der Waals surface area contributed by atoms with E-state index in [1.54, 1.807) is 43.7 Å². The van der Waals surface area contributed by atoms with Gasteiger partial charge in [0.2, 0.25) is 5.91 Å². The van der Waals surface area contributed by atoms with Gasteiger partial charge in [0.15, 0.2) is 5.03 Å². The van der Waals surface area contributed by atoms with Gasteiger partial charge in [-0.3, -0.25) is 14.5 Å². The lowest BCUT2D eigenvalue weighted by atomic mass is 9.86. The maximum atomic E-state index is 13.4. The highest BCUT2D eigenvalue weighted by Gasteiger charge is 2.36. The zero-order chi connectivity index (χ0) is 22.0. The third-order valence-electron chi connectivity index (χ3n) is 6.21. The summed E-state index contributed by atoms with van der Waals surface area (Å²) in [6.45, 7) is 1.30. The molecule has 2 atom stereocenters. The van der Waals surface area contributed by atoms with E-state index in [4.69, 9.17) is 4.74 Å². The molecule has 9 nitrogen and oxygen atoms in total. The molecule has 2 aliphatic rings. The number of hydrogen-bond acceptors (Lipinski definition) is 6. The second-order valence-corrected chi connectivity index (χ2v) is 10.1. The van der Waals surface area contributed by atoms with E-state index in [2.05, 4.69) is 10.1 Å². The first-order chi connectivity index (χ1) is 14.9. The molecular weight excluding hydrogens is 418 g/mol. The van der Waals surface area contributed by atoms with E-state index < -0.39 is 10.0 Å². The molecule has 0 aromatic carbocycles. The Morgan fingerprint density at radius 3 is 2.65 bits per heavy atom. The Kier molecular flexibility index (Phi) is 6.40. The highest BCUT2D eigenvalue weighted by Crippen LogP contribution is 2.30. The normalized spacial score (nSPS) is 23.1. The molecule has 0 radical (unpaired) electrons. The molecule has 0 unspecified atom stereocenters. The van der Waals surface area contributed by atoms with Gasteiger partial charge in [-0.2, -0.15) is 9.40 Å². The number of methoxy groups -OCH3 is 1. The molecule has 10 heteroatoms. The van der Waals surface area contributed by atoms with E-state index in [1.807, 2.05) is 6.07 Å². The number of rotatable bonds is 5. The highest BCUT2D eigenvalue weighted by atomic mass is 32.2. The number of carbonyl (C=O) groups is 1. The van der Waals surface area contributed by atoms with Crippen LogP contribution < -0.4 is 0 Å². The molecule has 1 aliphatic heterocycles. The summed E-state index contributed by atoms with van der Waals surface area (Å²) in [5.74, 6) is 0.0857. The molecular formula is C21H29N5O4S. The average Bonchev–Trinajstić information content (AvgIpc) is 3.22. The van der Waals surface area contributed by atoms with E-state index in [0.717, 1.165) is 25.7 Å². The summed E-state index contributed by atoms with van der Waals surface area (Å²) in [4.78, 5) is 18.9.